The van der Waals surface area contributed by atoms with E-state index in [0.29, 0.717) is 37.6 Å². The van der Waals surface area contributed by atoms with Gasteiger partial charge in [0.1, 0.15) is 11.8 Å². The van der Waals surface area contributed by atoms with E-state index < -0.39 is 12.0 Å². The second kappa shape index (κ2) is 8.13. The van der Waals surface area contributed by atoms with E-state index in [0.717, 1.165) is 5.69 Å². The van der Waals surface area contributed by atoms with Crippen LogP contribution in [0.2, 0.25) is 0 Å². The van der Waals surface area contributed by atoms with Gasteiger partial charge in [-0.15, -0.1) is 0 Å². The maximum Gasteiger partial charge on any atom is 0.325 e. The number of carboxylic acid groups (broad SMARTS) is 1. The Hall–Kier alpha value is -3.00. The largest absolute Gasteiger partial charge is 0.508 e. The molecule has 1 saturated heterocycles. The smallest absolute Gasteiger partial charge is 0.325 e. The number of aromatic nitrogens is 1. The molecule has 1 aromatic heterocycles. The number of hydrogen-bond acceptors (Lipinski definition) is 7. The lowest BCUT2D eigenvalue weighted by Crippen LogP contribution is -2.49. The Morgan fingerprint density at radius 1 is 1.04 bits per heavy atom. The number of nitrogens with zero attached hydrogens (tertiary/aromatic N) is 3. The summed E-state index contributed by atoms with van der Waals surface area (Å²) in [6.45, 7) is 2.51. The van der Waals surface area contributed by atoms with Gasteiger partial charge < -0.3 is 24.6 Å². The molecule has 0 saturated carbocycles. The van der Waals surface area contributed by atoms with Gasteiger partial charge in [-0.3, -0.25) is 9.69 Å². The molecule has 1 fully saturated rings. The van der Waals surface area contributed by atoms with Crippen LogP contribution in [-0.2, 0) is 4.79 Å². The second-order valence-electron chi connectivity index (χ2n) is 6.23. The Kier molecular flexibility index (Phi) is 5.66. The number of aliphatic carboxylic acids is 1. The SMILES string of the molecule is COc1ccc([C@H](C(=O)O)N2CCN(c3ccc(O)cc3)CC2)c(OC)n1. The summed E-state index contributed by atoms with van der Waals surface area (Å²) in [6.07, 6.45) is 0. The molecule has 27 heavy (non-hydrogen) atoms. The predicted octanol–water partition coefficient (Wildman–Crippen LogP) is 1.75. The van der Waals surface area contributed by atoms with E-state index in [1.165, 1.54) is 14.2 Å². The third kappa shape index (κ3) is 4.06. The standard InChI is InChI=1S/C19H23N3O5/c1-26-16-8-7-15(18(20-16)27-2)17(19(24)25)22-11-9-21(10-12-22)13-3-5-14(23)6-4-13/h3-8,17,23H,9-12H2,1-2H3,(H,24,25)/t17-/m1/s1. The van der Waals surface area contributed by atoms with Gasteiger partial charge in [-0.1, -0.05) is 0 Å². The van der Waals surface area contributed by atoms with E-state index >= 15 is 0 Å². The lowest BCUT2D eigenvalue weighted by Gasteiger charge is -2.39. The minimum absolute atomic E-state index is 0.224. The molecule has 3 rings (SSSR count). The zero-order valence-corrected chi connectivity index (χ0v) is 15.3. The van der Waals surface area contributed by atoms with Crippen LogP contribution in [0, 0.1) is 0 Å². The Morgan fingerprint density at radius 3 is 2.26 bits per heavy atom. The first-order valence-corrected chi connectivity index (χ1v) is 8.63. The molecule has 0 bridgehead atoms. The summed E-state index contributed by atoms with van der Waals surface area (Å²) in [6, 6.07) is 9.49. The lowest BCUT2D eigenvalue weighted by atomic mass is 10.1. The van der Waals surface area contributed by atoms with Gasteiger partial charge in [0.2, 0.25) is 11.8 Å². The zero-order chi connectivity index (χ0) is 19.4. The van der Waals surface area contributed by atoms with Crippen molar-refractivity contribution in [2.24, 2.45) is 0 Å². The molecule has 8 nitrogen and oxygen atoms in total. The Morgan fingerprint density at radius 2 is 1.70 bits per heavy atom. The highest BCUT2D eigenvalue weighted by molar-refractivity contribution is 5.76. The molecular formula is C19H23N3O5. The first kappa shape index (κ1) is 18.8. The van der Waals surface area contributed by atoms with Crippen LogP contribution in [0.1, 0.15) is 11.6 Å². The first-order valence-electron chi connectivity index (χ1n) is 8.63. The summed E-state index contributed by atoms with van der Waals surface area (Å²) in [5, 5.41) is 19.3. The number of piperazine rings is 1. The molecule has 1 atom stereocenters. The Labute approximate surface area is 157 Å². The summed E-state index contributed by atoms with van der Waals surface area (Å²) < 4.78 is 10.4. The Bertz CT molecular complexity index is 788. The number of anilines is 1. The van der Waals surface area contributed by atoms with Crippen molar-refractivity contribution in [1.29, 1.82) is 0 Å². The molecule has 2 N–H and O–H groups in total. The number of benzene rings is 1. The number of hydrogen-bond donors (Lipinski definition) is 2. The van der Waals surface area contributed by atoms with Crippen molar-refractivity contribution < 1.29 is 24.5 Å². The molecule has 1 aromatic carbocycles. The summed E-state index contributed by atoms with van der Waals surface area (Å²) in [5.74, 6) is -0.0969. The predicted molar refractivity (Wildman–Crippen MR) is 99.6 cm³/mol. The number of ether oxygens (including phenoxy) is 2. The molecular weight excluding hydrogens is 350 g/mol. The van der Waals surface area contributed by atoms with Gasteiger partial charge in [-0.05, 0) is 30.3 Å². The minimum Gasteiger partial charge on any atom is -0.508 e. The van der Waals surface area contributed by atoms with E-state index in [1.54, 1.807) is 24.3 Å². The third-order valence-electron chi connectivity index (χ3n) is 4.69. The van der Waals surface area contributed by atoms with Gasteiger partial charge in [0, 0.05) is 43.5 Å². The van der Waals surface area contributed by atoms with Gasteiger partial charge in [0.25, 0.3) is 0 Å². The van der Waals surface area contributed by atoms with Gasteiger partial charge in [-0.25, -0.2) is 0 Å². The van der Waals surface area contributed by atoms with Crippen LogP contribution in [0.15, 0.2) is 36.4 Å². The van der Waals surface area contributed by atoms with Crippen LogP contribution in [0.5, 0.6) is 17.5 Å². The van der Waals surface area contributed by atoms with Crippen molar-refractivity contribution in [3.63, 3.8) is 0 Å². The van der Waals surface area contributed by atoms with Crippen LogP contribution in [0.25, 0.3) is 0 Å². The van der Waals surface area contributed by atoms with Crippen molar-refractivity contribution in [2.75, 3.05) is 45.3 Å². The fourth-order valence-electron chi connectivity index (χ4n) is 3.31. The molecule has 0 aliphatic carbocycles. The number of pyridine rings is 1. The maximum atomic E-state index is 12.0. The van der Waals surface area contributed by atoms with Crippen molar-refractivity contribution in [2.45, 2.75) is 6.04 Å². The van der Waals surface area contributed by atoms with E-state index in [1.807, 2.05) is 17.0 Å². The van der Waals surface area contributed by atoms with Gasteiger partial charge in [0.05, 0.1) is 14.2 Å². The quantitative estimate of drug-likeness (QED) is 0.791. The number of aromatic hydroxyl groups is 1. The molecule has 1 aliphatic heterocycles. The van der Waals surface area contributed by atoms with Crippen LogP contribution in [0.3, 0.4) is 0 Å². The molecule has 0 spiro atoms. The average molecular weight is 373 g/mol. The number of carbonyl (C=O) groups is 1. The minimum atomic E-state index is -0.946. The van der Waals surface area contributed by atoms with Crippen LogP contribution >= 0.6 is 0 Å². The average Bonchev–Trinajstić information content (AvgIpc) is 2.69. The van der Waals surface area contributed by atoms with Gasteiger partial charge in [0.15, 0.2) is 0 Å². The molecule has 2 heterocycles. The molecule has 0 radical (unpaired) electrons. The molecule has 0 unspecified atom stereocenters. The third-order valence-corrected chi connectivity index (χ3v) is 4.69. The highest BCUT2D eigenvalue weighted by atomic mass is 16.5. The van der Waals surface area contributed by atoms with Crippen molar-refractivity contribution >= 4 is 11.7 Å². The van der Waals surface area contributed by atoms with E-state index in [4.69, 9.17) is 9.47 Å². The Balaban J connectivity index is 1.77. The molecule has 2 aromatic rings. The van der Waals surface area contributed by atoms with Crippen LogP contribution in [0.4, 0.5) is 5.69 Å². The molecule has 0 amide bonds. The van der Waals surface area contributed by atoms with E-state index in [-0.39, 0.29) is 11.6 Å². The highest BCUT2D eigenvalue weighted by Crippen LogP contribution is 2.31. The van der Waals surface area contributed by atoms with Crippen molar-refractivity contribution in [1.82, 2.24) is 9.88 Å². The monoisotopic (exact) mass is 373 g/mol. The number of methoxy groups -OCH3 is 2. The highest BCUT2D eigenvalue weighted by Gasteiger charge is 2.33. The normalized spacial score (nSPS) is 16.0. The maximum absolute atomic E-state index is 12.0. The summed E-state index contributed by atoms with van der Waals surface area (Å²) in [4.78, 5) is 20.3. The lowest BCUT2D eigenvalue weighted by molar-refractivity contribution is -0.143. The van der Waals surface area contributed by atoms with Crippen molar-refractivity contribution in [3.8, 4) is 17.5 Å². The summed E-state index contributed by atoms with van der Waals surface area (Å²) in [7, 11) is 2.96. The van der Waals surface area contributed by atoms with Crippen LogP contribution in [-0.4, -0.2) is 66.5 Å². The van der Waals surface area contributed by atoms with Crippen molar-refractivity contribution in [3.05, 3.63) is 42.0 Å². The molecule has 144 valence electrons. The van der Waals surface area contributed by atoms with Crippen LogP contribution < -0.4 is 14.4 Å². The van der Waals surface area contributed by atoms with Gasteiger partial charge in [-0.2, -0.15) is 4.98 Å². The fraction of sp³-hybridized carbons (Fsp3) is 0.368. The molecule has 8 heteroatoms. The number of carboxylic acids is 1. The summed E-state index contributed by atoms with van der Waals surface area (Å²) in [5.41, 5.74) is 1.51. The number of phenolic OH excluding ortho intramolecular Hbond substituents is 1. The first-order chi connectivity index (χ1) is 13.0. The topological polar surface area (TPSA) is 95.4 Å². The van der Waals surface area contributed by atoms with E-state index in [2.05, 4.69) is 9.88 Å². The summed E-state index contributed by atoms with van der Waals surface area (Å²) >= 11 is 0. The number of rotatable bonds is 6. The van der Waals surface area contributed by atoms with E-state index in [9.17, 15) is 15.0 Å². The van der Waals surface area contributed by atoms with Gasteiger partial charge >= 0.3 is 5.97 Å². The fourth-order valence-corrected chi connectivity index (χ4v) is 3.31. The zero-order valence-electron chi connectivity index (χ0n) is 15.3. The molecule has 1 aliphatic rings. The second-order valence-corrected chi connectivity index (χ2v) is 6.23. The number of phenols is 1.